The molecule has 0 unspecified atom stereocenters. The van der Waals surface area contributed by atoms with E-state index >= 15 is 0 Å². The van der Waals surface area contributed by atoms with Gasteiger partial charge in [0.2, 0.25) is 0 Å². The first-order valence-electron chi connectivity index (χ1n) is 6.81. The number of aromatic nitrogens is 2. The van der Waals surface area contributed by atoms with E-state index in [4.69, 9.17) is 0 Å². The Morgan fingerprint density at radius 3 is 2.30 bits per heavy atom. The van der Waals surface area contributed by atoms with Gasteiger partial charge in [-0.05, 0) is 23.6 Å². The summed E-state index contributed by atoms with van der Waals surface area (Å²) in [4.78, 5) is 6.84. The van der Waals surface area contributed by atoms with Crippen LogP contribution < -0.4 is 0 Å². The van der Waals surface area contributed by atoms with Gasteiger partial charge < -0.3 is 9.97 Å². The predicted molar refractivity (Wildman–Crippen MR) is 85.2 cm³/mol. The molecule has 5 rings (SSSR count). The zero-order valence-electron chi connectivity index (χ0n) is 10.8. The van der Waals surface area contributed by atoms with Crippen molar-refractivity contribution in [3.63, 3.8) is 0 Å². The van der Waals surface area contributed by atoms with Crippen LogP contribution in [-0.4, -0.2) is 9.97 Å². The average molecular weight is 256 g/mol. The van der Waals surface area contributed by atoms with Gasteiger partial charge in [0.05, 0.1) is 5.52 Å². The Morgan fingerprint density at radius 2 is 1.30 bits per heavy atom. The Balaban J connectivity index is 2.10. The Kier molecular flexibility index (Phi) is 1.73. The molecule has 2 heterocycles. The lowest BCUT2D eigenvalue weighted by Crippen LogP contribution is -1.77. The van der Waals surface area contributed by atoms with Crippen LogP contribution in [-0.2, 0) is 0 Å². The molecule has 0 fully saturated rings. The van der Waals surface area contributed by atoms with Gasteiger partial charge >= 0.3 is 0 Å². The minimum atomic E-state index is 1.19. The van der Waals surface area contributed by atoms with Crippen LogP contribution in [0.15, 0.2) is 60.8 Å². The molecule has 0 radical (unpaired) electrons. The number of aromatic amines is 2. The standard InChI is InChI=1S/C18H12N2/c1-2-4-17-12(3-1)15-6-5-11-13-9-10-19-16(13)8-7-14(11)18(15)20-17/h1-10,19-20H. The van der Waals surface area contributed by atoms with Crippen molar-refractivity contribution >= 4 is 43.5 Å². The minimum Gasteiger partial charge on any atom is -0.361 e. The van der Waals surface area contributed by atoms with Crippen LogP contribution in [0.1, 0.15) is 0 Å². The lowest BCUT2D eigenvalue weighted by molar-refractivity contribution is 1.48. The molecule has 0 saturated carbocycles. The van der Waals surface area contributed by atoms with Gasteiger partial charge in [0.1, 0.15) is 0 Å². The van der Waals surface area contributed by atoms with Crippen molar-refractivity contribution in [3.8, 4) is 0 Å². The highest BCUT2D eigenvalue weighted by molar-refractivity contribution is 6.21. The quantitative estimate of drug-likeness (QED) is 0.392. The summed E-state index contributed by atoms with van der Waals surface area (Å²) in [7, 11) is 0. The topological polar surface area (TPSA) is 31.6 Å². The van der Waals surface area contributed by atoms with Crippen molar-refractivity contribution in [3.05, 3.63) is 60.8 Å². The van der Waals surface area contributed by atoms with Crippen LogP contribution >= 0.6 is 0 Å². The first-order valence-corrected chi connectivity index (χ1v) is 6.81. The van der Waals surface area contributed by atoms with Crippen LogP contribution in [0, 0.1) is 0 Å². The van der Waals surface area contributed by atoms with Crippen LogP contribution in [0.2, 0.25) is 0 Å². The molecule has 0 amide bonds. The first-order chi connectivity index (χ1) is 9.92. The zero-order valence-corrected chi connectivity index (χ0v) is 10.8. The number of para-hydroxylation sites is 1. The van der Waals surface area contributed by atoms with Crippen LogP contribution in [0.5, 0.6) is 0 Å². The molecule has 3 aromatic carbocycles. The molecule has 0 spiro atoms. The average Bonchev–Trinajstić information content (AvgIpc) is 3.11. The van der Waals surface area contributed by atoms with Crippen molar-refractivity contribution in [1.29, 1.82) is 0 Å². The number of hydrogen-bond donors (Lipinski definition) is 2. The molecule has 0 bridgehead atoms. The van der Waals surface area contributed by atoms with Gasteiger partial charge in [-0.3, -0.25) is 0 Å². The summed E-state index contributed by atoms with van der Waals surface area (Å²) in [6, 6.07) is 19.4. The number of H-pyrrole nitrogens is 2. The van der Waals surface area contributed by atoms with E-state index in [9.17, 15) is 0 Å². The summed E-state index contributed by atoms with van der Waals surface area (Å²) < 4.78 is 0. The lowest BCUT2D eigenvalue weighted by atomic mass is 10.0. The molecular formula is C18H12N2. The van der Waals surface area contributed by atoms with Gasteiger partial charge in [0.15, 0.2) is 0 Å². The summed E-state index contributed by atoms with van der Waals surface area (Å²) in [5.74, 6) is 0. The molecule has 5 aromatic rings. The summed E-state index contributed by atoms with van der Waals surface area (Å²) in [6.45, 7) is 0. The number of rotatable bonds is 0. The molecule has 0 aliphatic heterocycles. The van der Waals surface area contributed by atoms with Gasteiger partial charge in [0, 0.05) is 38.8 Å². The van der Waals surface area contributed by atoms with Crippen molar-refractivity contribution in [1.82, 2.24) is 9.97 Å². The fourth-order valence-corrected chi connectivity index (χ4v) is 3.27. The van der Waals surface area contributed by atoms with Crippen molar-refractivity contribution < 1.29 is 0 Å². The normalized spacial score (nSPS) is 12.0. The van der Waals surface area contributed by atoms with Gasteiger partial charge in [0.25, 0.3) is 0 Å². The largest absolute Gasteiger partial charge is 0.361 e. The van der Waals surface area contributed by atoms with E-state index in [0.29, 0.717) is 0 Å². The highest BCUT2D eigenvalue weighted by Crippen LogP contribution is 2.34. The lowest BCUT2D eigenvalue weighted by Gasteiger charge is -2.01. The van der Waals surface area contributed by atoms with E-state index in [1.165, 1.54) is 43.5 Å². The number of fused-ring (bicyclic) bond motifs is 7. The SMILES string of the molecule is c1ccc2c(c1)[nH]c1c2ccc2c3cc[nH]c3ccc21. The van der Waals surface area contributed by atoms with Crippen molar-refractivity contribution in [2.75, 3.05) is 0 Å². The number of benzene rings is 3. The number of hydrogen-bond acceptors (Lipinski definition) is 0. The number of nitrogens with one attached hydrogen (secondary N) is 2. The second-order valence-corrected chi connectivity index (χ2v) is 5.26. The van der Waals surface area contributed by atoms with Gasteiger partial charge in [-0.15, -0.1) is 0 Å². The van der Waals surface area contributed by atoms with Gasteiger partial charge in [-0.1, -0.05) is 36.4 Å². The summed E-state index contributed by atoms with van der Waals surface area (Å²) in [5, 5.41) is 6.44. The highest BCUT2D eigenvalue weighted by Gasteiger charge is 2.09. The maximum Gasteiger partial charge on any atom is 0.0544 e. The zero-order chi connectivity index (χ0) is 13.1. The second kappa shape index (κ2) is 3.42. The van der Waals surface area contributed by atoms with Gasteiger partial charge in [-0.2, -0.15) is 0 Å². The third kappa shape index (κ3) is 1.14. The molecule has 0 atom stereocenters. The van der Waals surface area contributed by atoms with E-state index < -0.39 is 0 Å². The van der Waals surface area contributed by atoms with E-state index in [-0.39, 0.29) is 0 Å². The summed E-state index contributed by atoms with van der Waals surface area (Å²) in [6.07, 6.45) is 2.00. The Morgan fingerprint density at radius 1 is 0.550 bits per heavy atom. The Labute approximate surface area is 115 Å². The third-order valence-electron chi connectivity index (χ3n) is 4.21. The van der Waals surface area contributed by atoms with Gasteiger partial charge in [-0.25, -0.2) is 0 Å². The smallest absolute Gasteiger partial charge is 0.0544 e. The molecular weight excluding hydrogens is 244 g/mol. The summed E-state index contributed by atoms with van der Waals surface area (Å²) >= 11 is 0. The molecule has 2 nitrogen and oxygen atoms in total. The molecule has 0 saturated heterocycles. The van der Waals surface area contributed by atoms with Crippen LogP contribution in [0.3, 0.4) is 0 Å². The monoisotopic (exact) mass is 256 g/mol. The Bertz CT molecular complexity index is 1100. The fraction of sp³-hybridized carbons (Fsp3) is 0. The van der Waals surface area contributed by atoms with Crippen molar-refractivity contribution in [2.24, 2.45) is 0 Å². The molecule has 2 heteroatoms. The van der Waals surface area contributed by atoms with Crippen LogP contribution in [0.25, 0.3) is 43.5 Å². The maximum absolute atomic E-state index is 3.57. The Hall–Kier alpha value is -2.74. The second-order valence-electron chi connectivity index (χ2n) is 5.26. The summed E-state index contributed by atoms with van der Waals surface area (Å²) in [5.41, 5.74) is 3.61. The maximum atomic E-state index is 3.57. The van der Waals surface area contributed by atoms with E-state index in [0.717, 1.165) is 0 Å². The molecule has 0 aliphatic rings. The van der Waals surface area contributed by atoms with Crippen LogP contribution in [0.4, 0.5) is 0 Å². The molecule has 94 valence electrons. The molecule has 20 heavy (non-hydrogen) atoms. The molecule has 2 aromatic heterocycles. The fourth-order valence-electron chi connectivity index (χ4n) is 3.27. The van der Waals surface area contributed by atoms with E-state index in [1.807, 2.05) is 6.20 Å². The predicted octanol–water partition coefficient (Wildman–Crippen LogP) is 4.96. The first kappa shape index (κ1) is 10.1. The highest BCUT2D eigenvalue weighted by atomic mass is 14.7. The third-order valence-corrected chi connectivity index (χ3v) is 4.21. The van der Waals surface area contributed by atoms with E-state index in [2.05, 4.69) is 64.6 Å². The minimum absolute atomic E-state index is 1.19. The molecule has 2 N–H and O–H groups in total. The van der Waals surface area contributed by atoms with E-state index in [1.54, 1.807) is 0 Å². The van der Waals surface area contributed by atoms with Crippen molar-refractivity contribution in [2.45, 2.75) is 0 Å². The molecule has 0 aliphatic carbocycles.